The number of rotatable bonds is 11. The van der Waals surface area contributed by atoms with Crippen molar-refractivity contribution in [2.45, 2.75) is 103 Å². The number of ether oxygens (including phenoxy) is 2. The van der Waals surface area contributed by atoms with Crippen LogP contribution in [-0.2, 0) is 25.0 Å². The molecule has 3 aromatic carbocycles. The average Bonchev–Trinajstić information content (AvgIpc) is 3.90. The largest absolute Gasteiger partial charge is 0.453 e. The molecule has 4 aliphatic heterocycles. The molecule has 2 aliphatic carbocycles. The van der Waals surface area contributed by atoms with Gasteiger partial charge in [0, 0.05) is 60.9 Å². The van der Waals surface area contributed by atoms with E-state index in [4.69, 9.17) is 19.5 Å². The summed E-state index contributed by atoms with van der Waals surface area (Å²) in [6, 6.07) is 16.5. The molecule has 0 aromatic heterocycles. The van der Waals surface area contributed by atoms with Gasteiger partial charge in [0.25, 0.3) is 5.92 Å². The number of hydrogen-bond donors (Lipinski definition) is 2. The topological polar surface area (TPSA) is 142 Å². The van der Waals surface area contributed by atoms with E-state index in [1.165, 1.54) is 14.2 Å². The van der Waals surface area contributed by atoms with Gasteiger partial charge in [-0.2, -0.15) is 8.78 Å². The zero-order valence-corrected chi connectivity index (χ0v) is 37.8. The number of hydrogen-bond acceptors (Lipinski definition) is 8. The number of fused-ring (bicyclic) bond motifs is 3. The third-order valence-electron chi connectivity index (χ3n) is 14.3. The highest BCUT2D eigenvalue weighted by molar-refractivity contribution is 6.05. The van der Waals surface area contributed by atoms with Crippen molar-refractivity contribution >= 4 is 46.6 Å². The van der Waals surface area contributed by atoms with Gasteiger partial charge >= 0.3 is 12.2 Å². The number of nitrogens with one attached hydrogen (secondary N) is 2. The summed E-state index contributed by atoms with van der Waals surface area (Å²) in [5, 5.41) is 5.42. The molecule has 14 heteroatoms. The number of aliphatic imine (C=N–C) groups is 2. The Balaban J connectivity index is 0.861. The predicted octanol–water partition coefficient (Wildman–Crippen LogP) is 8.98. The van der Waals surface area contributed by atoms with Crippen LogP contribution in [0.2, 0.25) is 0 Å². The van der Waals surface area contributed by atoms with E-state index in [0.29, 0.717) is 48.2 Å². The van der Waals surface area contributed by atoms with Gasteiger partial charge in [0.05, 0.1) is 26.3 Å². The second kappa shape index (κ2) is 17.0. The van der Waals surface area contributed by atoms with Crippen molar-refractivity contribution < 1.29 is 37.4 Å². The molecule has 9 rings (SSSR count). The van der Waals surface area contributed by atoms with E-state index in [1.807, 2.05) is 80.1 Å². The van der Waals surface area contributed by atoms with Crippen LogP contribution in [0.4, 0.5) is 18.4 Å². The van der Waals surface area contributed by atoms with Crippen molar-refractivity contribution in [3.8, 4) is 22.3 Å². The van der Waals surface area contributed by atoms with Crippen molar-refractivity contribution in [2.24, 2.45) is 27.2 Å². The molecule has 65 heavy (non-hydrogen) atoms. The number of allylic oxidation sites excluding steroid dienone is 2. The number of nitrogens with zero attached hydrogens (tertiary/aromatic N) is 4. The quantitative estimate of drug-likeness (QED) is 0.197. The standard InChI is InChI=1S/C51H56F2N6O6/c1-28(2)44(56-48(62)64-5)46(60)58-19-7-8-42(58)40-22-34(25-54-40)31-11-9-30(10-12-31)32-13-15-36-37-16-14-33(21-39(37)51(52,53)38(36)20-32)35-23-41(55-26-35)43-24-50(17-18-50)27-59(43)47(61)45(29(3)4)57-49(63)65-6/h9-16,20-21,25-26,28-29,42-45H,7-8,17-19,22-24,27H2,1-6H3,(H,56,62)(H,57,63)/t42-,43-,44-,45-/m0/s1. The summed E-state index contributed by atoms with van der Waals surface area (Å²) in [5.74, 6) is -3.82. The molecular weight excluding hydrogens is 831 g/mol. The molecular formula is C51H56F2N6O6. The van der Waals surface area contributed by atoms with E-state index in [2.05, 4.69) is 10.6 Å². The number of carbonyl (C=O) groups is 4. The molecule has 12 nitrogen and oxygen atoms in total. The first-order valence-electron chi connectivity index (χ1n) is 22.7. The van der Waals surface area contributed by atoms with Gasteiger partial charge in [0.1, 0.15) is 12.1 Å². The van der Waals surface area contributed by atoms with Crippen LogP contribution in [0.25, 0.3) is 33.4 Å². The third kappa shape index (κ3) is 8.13. The highest BCUT2D eigenvalue weighted by Crippen LogP contribution is 2.56. The molecule has 0 bridgehead atoms. The zero-order chi connectivity index (χ0) is 45.9. The molecule has 3 fully saturated rings. The molecule has 4 atom stereocenters. The van der Waals surface area contributed by atoms with E-state index in [-0.39, 0.29) is 52.3 Å². The molecule has 0 radical (unpaired) electrons. The fourth-order valence-electron chi connectivity index (χ4n) is 10.4. The summed E-state index contributed by atoms with van der Waals surface area (Å²) in [7, 11) is 2.56. The fraction of sp³-hybridized carbons (Fsp3) is 0.451. The Labute approximate surface area is 378 Å². The molecule has 3 aromatic rings. The molecule has 4 heterocycles. The number of benzene rings is 3. The van der Waals surface area contributed by atoms with Crippen molar-refractivity contribution in [1.82, 2.24) is 20.4 Å². The van der Waals surface area contributed by atoms with Crippen molar-refractivity contribution in [3.63, 3.8) is 0 Å². The Hall–Kier alpha value is -6.18. The number of methoxy groups -OCH3 is 2. The molecule has 1 spiro atoms. The number of amides is 4. The number of likely N-dealkylation sites (tertiary alicyclic amines) is 2. The second-order valence-electron chi connectivity index (χ2n) is 19.2. The van der Waals surface area contributed by atoms with Gasteiger partial charge in [0.2, 0.25) is 11.8 Å². The lowest BCUT2D eigenvalue weighted by molar-refractivity contribution is -0.135. The molecule has 1 saturated carbocycles. The summed E-state index contributed by atoms with van der Waals surface area (Å²) in [6.07, 6.45) is 7.80. The SMILES string of the molecule is COC(=O)N[C@H](C(=O)N1CCC[C@H]1C1=NC=C(c2ccc(-c3ccc4c(c3)C(F)(F)c3cc(C5=CN=C([C@@H]6CC7(CC7)CN6C(=O)[C@@H](NC(=O)OC)C(C)C)C5)ccc3-4)cc2)C1)C(C)C. The van der Waals surface area contributed by atoms with Crippen LogP contribution < -0.4 is 10.6 Å². The lowest BCUT2D eigenvalue weighted by Gasteiger charge is -2.31. The number of halogens is 2. The van der Waals surface area contributed by atoms with Crippen LogP contribution in [0, 0.1) is 17.3 Å². The second-order valence-corrected chi connectivity index (χ2v) is 19.2. The Morgan fingerprint density at radius 2 is 1.17 bits per heavy atom. The Morgan fingerprint density at radius 3 is 1.72 bits per heavy atom. The minimum absolute atomic E-state index is 0.0348. The first kappa shape index (κ1) is 44.0. The highest BCUT2D eigenvalue weighted by atomic mass is 19.3. The highest BCUT2D eigenvalue weighted by Gasteiger charge is 2.55. The lowest BCUT2D eigenvalue weighted by atomic mass is 9.93. The summed E-state index contributed by atoms with van der Waals surface area (Å²) < 4.78 is 42.7. The van der Waals surface area contributed by atoms with Gasteiger partial charge in [0.15, 0.2) is 0 Å². The van der Waals surface area contributed by atoms with Crippen molar-refractivity contribution in [1.29, 1.82) is 0 Å². The molecule has 340 valence electrons. The van der Waals surface area contributed by atoms with Crippen LogP contribution in [0.5, 0.6) is 0 Å². The smallest absolute Gasteiger partial charge is 0.407 e. The maximum absolute atomic E-state index is 16.6. The minimum atomic E-state index is -3.23. The van der Waals surface area contributed by atoms with E-state index in [0.717, 1.165) is 65.8 Å². The zero-order valence-electron chi connectivity index (χ0n) is 37.8. The first-order chi connectivity index (χ1) is 31.1. The first-order valence-corrected chi connectivity index (χ1v) is 22.7. The summed E-state index contributed by atoms with van der Waals surface area (Å²) in [5.41, 5.74) is 7.68. The summed E-state index contributed by atoms with van der Waals surface area (Å²) in [6.45, 7) is 8.75. The lowest BCUT2D eigenvalue weighted by Crippen LogP contribution is -2.53. The molecule has 4 amide bonds. The molecule has 6 aliphatic rings. The van der Waals surface area contributed by atoms with E-state index in [9.17, 15) is 19.2 Å². The monoisotopic (exact) mass is 886 g/mol. The van der Waals surface area contributed by atoms with Crippen LogP contribution in [0.1, 0.15) is 94.9 Å². The maximum Gasteiger partial charge on any atom is 0.407 e. The summed E-state index contributed by atoms with van der Waals surface area (Å²) >= 11 is 0. The Bertz CT molecular complexity index is 2580. The van der Waals surface area contributed by atoms with Crippen LogP contribution >= 0.6 is 0 Å². The third-order valence-corrected chi connectivity index (χ3v) is 14.3. The van der Waals surface area contributed by atoms with Crippen molar-refractivity contribution in [2.75, 3.05) is 27.3 Å². The van der Waals surface area contributed by atoms with E-state index in [1.54, 1.807) is 30.5 Å². The van der Waals surface area contributed by atoms with Crippen LogP contribution in [0.3, 0.4) is 0 Å². The number of carbonyl (C=O) groups excluding carboxylic acids is 4. The van der Waals surface area contributed by atoms with Gasteiger partial charge in [-0.05, 0) is 106 Å². The van der Waals surface area contributed by atoms with E-state index >= 15 is 8.78 Å². The molecule has 2 saturated heterocycles. The predicted molar refractivity (Wildman–Crippen MR) is 245 cm³/mol. The Morgan fingerprint density at radius 1 is 0.677 bits per heavy atom. The van der Waals surface area contributed by atoms with Crippen LogP contribution in [-0.4, -0.2) is 96.7 Å². The van der Waals surface area contributed by atoms with Crippen LogP contribution in [0.15, 0.2) is 83.0 Å². The Kier molecular flexibility index (Phi) is 11.5. The van der Waals surface area contributed by atoms with E-state index < -0.39 is 30.2 Å². The number of alkyl carbamates (subject to hydrolysis) is 2. The fourth-order valence-corrected chi connectivity index (χ4v) is 10.4. The molecule has 0 unspecified atom stereocenters. The van der Waals surface area contributed by atoms with Gasteiger partial charge in [-0.15, -0.1) is 0 Å². The normalized spacial score (nSPS) is 21.9. The van der Waals surface area contributed by atoms with Crippen molar-refractivity contribution in [3.05, 3.63) is 95.3 Å². The summed E-state index contributed by atoms with van der Waals surface area (Å²) in [4.78, 5) is 65.0. The molecule has 2 N–H and O–H groups in total. The van der Waals surface area contributed by atoms with Gasteiger partial charge in [-0.1, -0.05) is 76.2 Å². The number of alkyl halides is 2. The maximum atomic E-state index is 16.6. The van der Waals surface area contributed by atoms with Gasteiger partial charge < -0.3 is 29.9 Å². The average molecular weight is 887 g/mol. The van der Waals surface area contributed by atoms with Gasteiger partial charge in [-0.25, -0.2) is 9.59 Å². The van der Waals surface area contributed by atoms with Gasteiger partial charge in [-0.3, -0.25) is 19.6 Å². The minimum Gasteiger partial charge on any atom is -0.453 e.